The van der Waals surface area contributed by atoms with Gasteiger partial charge < -0.3 is 10.2 Å². The molecular weight excluding hydrogens is 408 g/mol. The van der Waals surface area contributed by atoms with Crippen molar-refractivity contribution in [3.63, 3.8) is 0 Å². The first-order valence-corrected chi connectivity index (χ1v) is 11.5. The van der Waals surface area contributed by atoms with E-state index >= 15 is 0 Å². The van der Waals surface area contributed by atoms with E-state index in [9.17, 15) is 9.59 Å². The topological polar surface area (TPSA) is 49.4 Å². The molecule has 0 spiro atoms. The first-order valence-electron chi connectivity index (χ1n) is 11.1. The van der Waals surface area contributed by atoms with Gasteiger partial charge >= 0.3 is 0 Å². The van der Waals surface area contributed by atoms with E-state index in [0.717, 1.165) is 11.1 Å². The molecular formula is C26H35ClN2O2. The van der Waals surface area contributed by atoms with Gasteiger partial charge in [0.25, 0.3) is 0 Å². The molecule has 2 aromatic rings. The van der Waals surface area contributed by atoms with Crippen LogP contribution in [-0.2, 0) is 22.6 Å². The second-order valence-corrected chi connectivity index (χ2v) is 9.00. The molecule has 0 saturated carbocycles. The van der Waals surface area contributed by atoms with Crippen LogP contribution in [-0.4, -0.2) is 28.8 Å². The Hall–Kier alpha value is -2.33. The molecule has 0 radical (unpaired) electrons. The molecule has 0 fully saturated rings. The predicted molar refractivity (Wildman–Crippen MR) is 128 cm³/mol. The lowest BCUT2D eigenvalue weighted by Crippen LogP contribution is -2.50. The van der Waals surface area contributed by atoms with Crippen molar-refractivity contribution < 1.29 is 9.59 Å². The first kappa shape index (κ1) is 24.9. The summed E-state index contributed by atoms with van der Waals surface area (Å²) in [6, 6.07) is 15.4. The summed E-state index contributed by atoms with van der Waals surface area (Å²) in [5.74, 6) is 0.310. The van der Waals surface area contributed by atoms with Crippen LogP contribution in [0.1, 0.15) is 70.1 Å². The summed E-state index contributed by atoms with van der Waals surface area (Å²) in [5.41, 5.74) is 3.25. The molecule has 168 valence electrons. The van der Waals surface area contributed by atoms with Gasteiger partial charge in [0.1, 0.15) is 6.04 Å². The highest BCUT2D eigenvalue weighted by atomic mass is 35.5. The van der Waals surface area contributed by atoms with E-state index in [-0.39, 0.29) is 17.9 Å². The largest absolute Gasteiger partial charge is 0.352 e. The number of rotatable bonds is 10. The Morgan fingerprint density at radius 1 is 1.00 bits per heavy atom. The first-order chi connectivity index (χ1) is 14.7. The van der Waals surface area contributed by atoms with Crippen LogP contribution in [0, 0.1) is 0 Å². The van der Waals surface area contributed by atoms with E-state index < -0.39 is 6.04 Å². The number of nitrogens with one attached hydrogen (secondary N) is 1. The molecule has 0 aliphatic carbocycles. The van der Waals surface area contributed by atoms with Gasteiger partial charge in [0.2, 0.25) is 11.8 Å². The number of benzene rings is 2. The zero-order valence-corrected chi connectivity index (χ0v) is 20.1. The maximum Gasteiger partial charge on any atom is 0.243 e. The maximum atomic E-state index is 13.3. The average Bonchev–Trinajstić information content (AvgIpc) is 2.73. The minimum atomic E-state index is -0.533. The molecule has 0 heterocycles. The number of amides is 2. The smallest absolute Gasteiger partial charge is 0.243 e. The minimum absolute atomic E-state index is 0.0123. The fourth-order valence-electron chi connectivity index (χ4n) is 3.57. The molecule has 1 atom stereocenters. The Morgan fingerprint density at radius 3 is 2.19 bits per heavy atom. The number of hydrogen-bond acceptors (Lipinski definition) is 2. The Kier molecular flexibility index (Phi) is 9.57. The quantitative estimate of drug-likeness (QED) is 0.510. The van der Waals surface area contributed by atoms with Gasteiger partial charge in [-0.25, -0.2) is 0 Å². The van der Waals surface area contributed by atoms with Gasteiger partial charge in [-0.05, 0) is 55.4 Å². The lowest BCUT2D eigenvalue weighted by molar-refractivity contribution is -0.141. The number of carbonyl (C=O) groups is 2. The molecule has 0 saturated heterocycles. The Morgan fingerprint density at radius 2 is 1.65 bits per heavy atom. The molecule has 4 nitrogen and oxygen atoms in total. The SMILES string of the molecule is CCC(C(=O)NC(C)C)N(Cc1ccccc1Cl)C(=O)CCc1ccc(C(C)C)cc1. The van der Waals surface area contributed by atoms with Crippen molar-refractivity contribution in [2.24, 2.45) is 0 Å². The summed E-state index contributed by atoms with van der Waals surface area (Å²) in [4.78, 5) is 27.8. The van der Waals surface area contributed by atoms with Crippen LogP contribution in [0.15, 0.2) is 48.5 Å². The van der Waals surface area contributed by atoms with Crippen LogP contribution >= 0.6 is 11.6 Å². The Labute approximate surface area is 192 Å². The van der Waals surface area contributed by atoms with Gasteiger partial charge in [-0.1, -0.05) is 74.8 Å². The summed E-state index contributed by atoms with van der Waals surface area (Å²) in [6.07, 6.45) is 1.52. The van der Waals surface area contributed by atoms with Crippen LogP contribution in [0.25, 0.3) is 0 Å². The van der Waals surface area contributed by atoms with Crippen LogP contribution < -0.4 is 5.32 Å². The van der Waals surface area contributed by atoms with Crippen molar-refractivity contribution in [1.82, 2.24) is 10.2 Å². The summed E-state index contributed by atoms with van der Waals surface area (Å²) < 4.78 is 0. The number of carbonyl (C=O) groups excluding carboxylic acids is 2. The number of aryl methyl sites for hydroxylation is 1. The molecule has 2 aromatic carbocycles. The van der Waals surface area contributed by atoms with Crippen LogP contribution in [0.3, 0.4) is 0 Å². The number of halogens is 1. The van der Waals surface area contributed by atoms with Gasteiger partial charge in [0, 0.05) is 24.0 Å². The van der Waals surface area contributed by atoms with Gasteiger partial charge in [-0.3, -0.25) is 9.59 Å². The third-order valence-electron chi connectivity index (χ3n) is 5.39. The van der Waals surface area contributed by atoms with Gasteiger partial charge in [-0.15, -0.1) is 0 Å². The van der Waals surface area contributed by atoms with E-state index in [2.05, 4.69) is 43.4 Å². The van der Waals surface area contributed by atoms with E-state index in [1.165, 1.54) is 5.56 Å². The highest BCUT2D eigenvalue weighted by Gasteiger charge is 2.29. The van der Waals surface area contributed by atoms with Crippen molar-refractivity contribution in [1.29, 1.82) is 0 Å². The van der Waals surface area contributed by atoms with Crippen LogP contribution in [0.4, 0.5) is 0 Å². The highest BCUT2D eigenvalue weighted by molar-refractivity contribution is 6.31. The summed E-state index contributed by atoms with van der Waals surface area (Å²) in [6.45, 7) is 10.4. The third-order valence-corrected chi connectivity index (χ3v) is 5.76. The zero-order chi connectivity index (χ0) is 23.0. The zero-order valence-electron chi connectivity index (χ0n) is 19.3. The lowest BCUT2D eigenvalue weighted by atomic mass is 10.00. The molecule has 0 bridgehead atoms. The summed E-state index contributed by atoms with van der Waals surface area (Å²) in [7, 11) is 0. The molecule has 2 amide bonds. The molecule has 5 heteroatoms. The molecule has 0 aromatic heterocycles. The molecule has 0 aliphatic heterocycles. The van der Waals surface area contributed by atoms with Gasteiger partial charge in [-0.2, -0.15) is 0 Å². The fourth-order valence-corrected chi connectivity index (χ4v) is 3.77. The van der Waals surface area contributed by atoms with E-state index in [1.807, 2.05) is 45.0 Å². The molecule has 1 N–H and O–H groups in total. The standard InChI is InChI=1S/C26H35ClN2O2/c1-6-24(26(31)28-19(4)5)29(17-22-9-7-8-10-23(22)27)25(30)16-13-20-11-14-21(15-12-20)18(2)3/h7-12,14-15,18-19,24H,6,13,16-17H2,1-5H3,(H,28,31). The van der Waals surface area contributed by atoms with Crippen LogP contribution in [0.2, 0.25) is 5.02 Å². The van der Waals surface area contributed by atoms with Crippen molar-refractivity contribution >= 4 is 23.4 Å². The third kappa shape index (κ3) is 7.39. The summed E-state index contributed by atoms with van der Waals surface area (Å²) >= 11 is 6.36. The molecule has 0 aliphatic rings. The number of nitrogens with zero attached hydrogens (tertiary/aromatic N) is 1. The fraction of sp³-hybridized carbons (Fsp3) is 0.462. The Bertz CT molecular complexity index is 862. The van der Waals surface area contributed by atoms with Crippen LogP contribution in [0.5, 0.6) is 0 Å². The normalized spacial score (nSPS) is 12.1. The van der Waals surface area contributed by atoms with Crippen molar-refractivity contribution in [2.75, 3.05) is 0 Å². The molecule has 31 heavy (non-hydrogen) atoms. The van der Waals surface area contributed by atoms with Crippen molar-refractivity contribution in [3.05, 3.63) is 70.2 Å². The second-order valence-electron chi connectivity index (χ2n) is 8.60. The van der Waals surface area contributed by atoms with Gasteiger partial charge in [0.05, 0.1) is 0 Å². The van der Waals surface area contributed by atoms with Crippen molar-refractivity contribution in [3.8, 4) is 0 Å². The van der Waals surface area contributed by atoms with Gasteiger partial charge in [0.15, 0.2) is 0 Å². The van der Waals surface area contributed by atoms with E-state index in [1.54, 1.807) is 4.90 Å². The Balaban J connectivity index is 2.20. The highest BCUT2D eigenvalue weighted by Crippen LogP contribution is 2.21. The summed E-state index contributed by atoms with van der Waals surface area (Å²) in [5, 5.41) is 3.55. The number of hydrogen-bond donors (Lipinski definition) is 1. The predicted octanol–water partition coefficient (Wildman–Crippen LogP) is 5.73. The monoisotopic (exact) mass is 442 g/mol. The van der Waals surface area contributed by atoms with E-state index in [4.69, 9.17) is 11.6 Å². The second kappa shape index (κ2) is 11.9. The maximum absolute atomic E-state index is 13.3. The van der Waals surface area contributed by atoms with Crippen molar-refractivity contribution in [2.45, 2.75) is 78.4 Å². The molecule has 1 unspecified atom stereocenters. The molecule has 2 rings (SSSR count). The minimum Gasteiger partial charge on any atom is -0.352 e. The lowest BCUT2D eigenvalue weighted by Gasteiger charge is -2.31. The van der Waals surface area contributed by atoms with E-state index in [0.29, 0.717) is 36.7 Å². The average molecular weight is 443 g/mol.